The van der Waals surface area contributed by atoms with Crippen molar-refractivity contribution in [3.05, 3.63) is 52.1 Å². The first-order valence-electron chi connectivity index (χ1n) is 16.0. The van der Waals surface area contributed by atoms with Crippen LogP contribution in [-0.2, 0) is 33.1 Å². The van der Waals surface area contributed by atoms with Crippen LogP contribution in [0, 0.1) is 0 Å². The Labute approximate surface area is 246 Å². The lowest BCUT2D eigenvalue weighted by molar-refractivity contribution is 0.414. The Kier molecular flexibility index (Phi) is 8.54. The molecule has 3 fully saturated rings. The molecular formula is C33H44O6S2. The van der Waals surface area contributed by atoms with E-state index in [4.69, 9.17) is 4.18 Å². The van der Waals surface area contributed by atoms with Crippen LogP contribution in [0.15, 0.2) is 34.1 Å². The summed E-state index contributed by atoms with van der Waals surface area (Å²) in [6.45, 7) is 0. The highest BCUT2D eigenvalue weighted by Crippen LogP contribution is 2.46. The molecule has 3 saturated carbocycles. The summed E-state index contributed by atoms with van der Waals surface area (Å²) in [5.41, 5.74) is 4.30. The van der Waals surface area contributed by atoms with E-state index in [-0.39, 0.29) is 22.5 Å². The average molecular weight is 601 g/mol. The van der Waals surface area contributed by atoms with Crippen LogP contribution in [0.1, 0.15) is 148 Å². The fourth-order valence-corrected chi connectivity index (χ4v) is 10.5. The quantitative estimate of drug-likeness (QED) is 0.253. The Morgan fingerprint density at radius 1 is 0.610 bits per heavy atom. The molecule has 0 atom stereocenters. The van der Waals surface area contributed by atoms with E-state index < -0.39 is 20.2 Å². The number of rotatable bonds is 7. The maximum absolute atomic E-state index is 14.5. The van der Waals surface area contributed by atoms with Crippen molar-refractivity contribution in [2.75, 3.05) is 0 Å². The van der Waals surface area contributed by atoms with E-state index in [0.29, 0.717) is 41.2 Å². The van der Waals surface area contributed by atoms with Gasteiger partial charge in [0.15, 0.2) is 0 Å². The fraction of sp³-hybridized carbons (Fsp3) is 0.636. The first-order chi connectivity index (χ1) is 19.7. The normalized spacial score (nSPS) is 21.6. The van der Waals surface area contributed by atoms with Crippen LogP contribution in [-0.4, -0.2) is 21.4 Å². The lowest BCUT2D eigenvalue weighted by Crippen LogP contribution is -2.21. The summed E-state index contributed by atoms with van der Waals surface area (Å²) in [5, 5.41) is 0. The number of benzene rings is 2. The highest BCUT2D eigenvalue weighted by molar-refractivity contribution is 7.87. The standard InChI is InChI=1S/C33H44O6S2/c34-40(35,36)32-20-19-31(27-17-10-18-28(27)32)39-41(37,38)33-29(24-13-6-2-7-14-24)21-26(23-11-4-1-5-12-23)22-30(33)25-15-8-3-9-16-25/h19-25H,1-18H2,(H,34,35,36). The Morgan fingerprint density at radius 2 is 1.10 bits per heavy atom. The molecular weight excluding hydrogens is 556 g/mol. The van der Waals surface area contributed by atoms with Gasteiger partial charge in [0.05, 0.1) is 4.90 Å². The summed E-state index contributed by atoms with van der Waals surface area (Å²) < 4.78 is 68.8. The van der Waals surface area contributed by atoms with Crippen molar-refractivity contribution < 1.29 is 25.6 Å². The van der Waals surface area contributed by atoms with Gasteiger partial charge in [-0.15, -0.1) is 0 Å². The van der Waals surface area contributed by atoms with Gasteiger partial charge in [-0.05, 0) is 110 Å². The predicted molar refractivity (Wildman–Crippen MR) is 160 cm³/mol. The van der Waals surface area contributed by atoms with Crippen molar-refractivity contribution in [2.24, 2.45) is 0 Å². The molecule has 224 valence electrons. The summed E-state index contributed by atoms with van der Waals surface area (Å²) in [4.78, 5) is 0.249. The van der Waals surface area contributed by atoms with Gasteiger partial charge in [0.25, 0.3) is 10.1 Å². The van der Waals surface area contributed by atoms with E-state index in [0.717, 1.165) is 62.5 Å². The molecule has 0 bridgehead atoms. The molecule has 4 aliphatic carbocycles. The number of hydrogen-bond acceptors (Lipinski definition) is 5. The second kappa shape index (κ2) is 12.0. The van der Waals surface area contributed by atoms with Crippen LogP contribution in [0.25, 0.3) is 0 Å². The monoisotopic (exact) mass is 600 g/mol. The molecule has 0 heterocycles. The Morgan fingerprint density at radius 3 is 1.61 bits per heavy atom. The first-order valence-corrected chi connectivity index (χ1v) is 18.8. The van der Waals surface area contributed by atoms with Crippen molar-refractivity contribution in [2.45, 2.75) is 143 Å². The number of hydrogen-bond donors (Lipinski definition) is 1. The zero-order valence-electron chi connectivity index (χ0n) is 24.1. The van der Waals surface area contributed by atoms with E-state index >= 15 is 0 Å². The van der Waals surface area contributed by atoms with E-state index in [9.17, 15) is 21.4 Å². The summed E-state index contributed by atoms with van der Waals surface area (Å²) in [6.07, 6.45) is 18.6. The largest absolute Gasteiger partial charge is 0.379 e. The van der Waals surface area contributed by atoms with Crippen LogP contribution in [0.3, 0.4) is 0 Å². The van der Waals surface area contributed by atoms with Gasteiger partial charge in [-0.25, -0.2) is 0 Å². The van der Waals surface area contributed by atoms with Gasteiger partial charge in [0.1, 0.15) is 10.6 Å². The molecule has 6 rings (SSSR count). The molecule has 2 aromatic carbocycles. The van der Waals surface area contributed by atoms with E-state index in [1.54, 1.807) is 0 Å². The lowest BCUT2D eigenvalue weighted by atomic mass is 9.76. The summed E-state index contributed by atoms with van der Waals surface area (Å²) in [7, 11) is -8.61. The van der Waals surface area contributed by atoms with Crippen LogP contribution in [0.5, 0.6) is 5.75 Å². The minimum atomic E-state index is -4.40. The summed E-state index contributed by atoms with van der Waals surface area (Å²) >= 11 is 0. The van der Waals surface area contributed by atoms with Gasteiger partial charge < -0.3 is 4.18 Å². The molecule has 6 nitrogen and oxygen atoms in total. The van der Waals surface area contributed by atoms with Gasteiger partial charge in [-0.2, -0.15) is 16.8 Å². The van der Waals surface area contributed by atoms with Gasteiger partial charge in [-0.3, -0.25) is 4.55 Å². The lowest BCUT2D eigenvalue weighted by Gasteiger charge is -2.32. The average Bonchev–Trinajstić information content (AvgIpc) is 3.48. The van der Waals surface area contributed by atoms with Crippen LogP contribution < -0.4 is 4.18 Å². The summed E-state index contributed by atoms with van der Waals surface area (Å²) in [5.74, 6) is 1.10. The third-order valence-electron chi connectivity index (χ3n) is 10.3. The van der Waals surface area contributed by atoms with Gasteiger partial charge in [0.2, 0.25) is 0 Å². The van der Waals surface area contributed by atoms with Crippen LogP contribution >= 0.6 is 0 Å². The molecule has 0 amide bonds. The third kappa shape index (κ3) is 6.12. The molecule has 0 radical (unpaired) electrons. The van der Waals surface area contributed by atoms with Crippen molar-refractivity contribution in [3.8, 4) is 5.75 Å². The molecule has 41 heavy (non-hydrogen) atoms. The molecule has 0 saturated heterocycles. The fourth-order valence-electron chi connectivity index (χ4n) is 8.21. The maximum atomic E-state index is 14.5. The number of fused-ring (bicyclic) bond motifs is 1. The second-order valence-electron chi connectivity index (χ2n) is 12.9. The molecule has 2 aromatic rings. The van der Waals surface area contributed by atoms with Crippen molar-refractivity contribution in [1.29, 1.82) is 0 Å². The van der Waals surface area contributed by atoms with Crippen molar-refractivity contribution >= 4 is 20.2 Å². The van der Waals surface area contributed by atoms with E-state index in [1.165, 1.54) is 62.6 Å². The Hall–Kier alpha value is -1.90. The molecule has 1 N–H and O–H groups in total. The Bertz CT molecular complexity index is 1440. The maximum Gasteiger partial charge on any atom is 0.339 e. The molecule has 0 aromatic heterocycles. The van der Waals surface area contributed by atoms with Gasteiger partial charge in [0, 0.05) is 5.56 Å². The molecule has 0 unspecified atom stereocenters. The zero-order chi connectivity index (χ0) is 28.6. The van der Waals surface area contributed by atoms with Crippen LogP contribution in [0.2, 0.25) is 0 Å². The van der Waals surface area contributed by atoms with Crippen LogP contribution in [0.4, 0.5) is 0 Å². The third-order valence-corrected chi connectivity index (χ3v) is 12.6. The summed E-state index contributed by atoms with van der Waals surface area (Å²) in [6, 6.07) is 7.18. The Balaban J connectivity index is 1.49. The first kappa shape index (κ1) is 29.2. The highest BCUT2D eigenvalue weighted by atomic mass is 32.2. The second-order valence-corrected chi connectivity index (χ2v) is 15.8. The molecule has 4 aliphatic rings. The zero-order valence-corrected chi connectivity index (χ0v) is 25.7. The molecule has 0 aliphatic heterocycles. The molecule has 0 spiro atoms. The van der Waals surface area contributed by atoms with Gasteiger partial charge >= 0.3 is 10.1 Å². The molecule has 8 heteroatoms. The van der Waals surface area contributed by atoms with Crippen molar-refractivity contribution in [1.82, 2.24) is 0 Å². The van der Waals surface area contributed by atoms with Gasteiger partial charge in [-0.1, -0.05) is 69.9 Å². The predicted octanol–water partition coefficient (Wildman–Crippen LogP) is 8.33. The topological polar surface area (TPSA) is 97.7 Å². The minimum Gasteiger partial charge on any atom is -0.379 e. The van der Waals surface area contributed by atoms with Crippen molar-refractivity contribution in [3.63, 3.8) is 0 Å². The van der Waals surface area contributed by atoms with E-state index in [1.807, 2.05) is 0 Å². The van der Waals surface area contributed by atoms with E-state index in [2.05, 4.69) is 12.1 Å². The highest BCUT2D eigenvalue weighted by Gasteiger charge is 2.36. The SMILES string of the molecule is O=S(=O)(O)c1ccc(OS(=O)(=O)c2c(C3CCCCC3)cc(C3CCCCC3)cc2C2CCCCC2)c2c1CCC2. The smallest absolute Gasteiger partial charge is 0.339 e. The minimum absolute atomic E-state index is 0.141.